The fourth-order valence-corrected chi connectivity index (χ4v) is 4.03. The highest BCUT2D eigenvalue weighted by Gasteiger charge is 2.44. The third kappa shape index (κ3) is 5.06. The molecule has 1 unspecified atom stereocenters. The average Bonchev–Trinajstić information content (AvgIpc) is 3.44. The van der Waals surface area contributed by atoms with Crippen molar-refractivity contribution in [1.82, 2.24) is 9.80 Å². The Bertz CT molecular complexity index is 994. The van der Waals surface area contributed by atoms with E-state index in [0.717, 1.165) is 13.1 Å². The first kappa shape index (κ1) is 24.4. The summed E-state index contributed by atoms with van der Waals surface area (Å²) >= 11 is 0. The molecule has 1 aromatic carbocycles. The first-order valence-electron chi connectivity index (χ1n) is 11.4. The zero-order valence-electron chi connectivity index (χ0n) is 19.7. The minimum Gasteiger partial charge on any atom is -0.503 e. The maximum atomic E-state index is 13.3. The Hall–Kier alpha value is -3.26. The Morgan fingerprint density at radius 1 is 1.09 bits per heavy atom. The van der Waals surface area contributed by atoms with E-state index in [9.17, 15) is 14.7 Å². The van der Waals surface area contributed by atoms with Crippen LogP contribution >= 0.6 is 0 Å². The first-order valence-corrected chi connectivity index (χ1v) is 11.4. The lowest BCUT2D eigenvalue weighted by Gasteiger charge is -2.29. The summed E-state index contributed by atoms with van der Waals surface area (Å²) < 4.78 is 16.7. The third-order valence-corrected chi connectivity index (χ3v) is 5.73. The van der Waals surface area contributed by atoms with Crippen LogP contribution in [0.15, 0.2) is 52.3 Å². The predicted molar refractivity (Wildman–Crippen MR) is 124 cm³/mol. The van der Waals surface area contributed by atoms with Crippen molar-refractivity contribution in [2.24, 2.45) is 0 Å². The summed E-state index contributed by atoms with van der Waals surface area (Å²) in [5, 5.41) is 10.8. The van der Waals surface area contributed by atoms with Crippen LogP contribution in [0.25, 0.3) is 0 Å². The second-order valence-electron chi connectivity index (χ2n) is 7.57. The normalized spacial score (nSPS) is 16.1. The van der Waals surface area contributed by atoms with E-state index in [1.54, 1.807) is 24.3 Å². The van der Waals surface area contributed by atoms with Crippen LogP contribution in [0.1, 0.15) is 49.9 Å². The zero-order chi connectivity index (χ0) is 24.0. The molecule has 0 aliphatic carbocycles. The Morgan fingerprint density at radius 2 is 1.79 bits per heavy atom. The molecule has 33 heavy (non-hydrogen) atoms. The number of ether oxygens (including phenoxy) is 2. The molecule has 178 valence electrons. The number of benzene rings is 1. The molecule has 8 heteroatoms. The number of carbonyl (C=O) groups is 2. The van der Waals surface area contributed by atoms with Crippen molar-refractivity contribution in [3.05, 3.63) is 59.3 Å². The van der Waals surface area contributed by atoms with Crippen molar-refractivity contribution in [1.29, 1.82) is 0 Å². The van der Waals surface area contributed by atoms with E-state index in [-0.39, 0.29) is 11.3 Å². The molecule has 1 aliphatic rings. The molecule has 0 bridgehead atoms. The maximum Gasteiger partial charge on any atom is 0.290 e. The van der Waals surface area contributed by atoms with Gasteiger partial charge in [0, 0.05) is 13.1 Å². The van der Waals surface area contributed by atoms with Gasteiger partial charge < -0.3 is 28.8 Å². The van der Waals surface area contributed by atoms with E-state index < -0.39 is 23.5 Å². The van der Waals surface area contributed by atoms with Crippen LogP contribution in [-0.2, 0) is 4.79 Å². The van der Waals surface area contributed by atoms with Gasteiger partial charge in [0.25, 0.3) is 5.91 Å². The fourth-order valence-electron chi connectivity index (χ4n) is 4.03. The molecule has 1 N–H and O–H groups in total. The maximum absolute atomic E-state index is 13.3. The van der Waals surface area contributed by atoms with Crippen LogP contribution < -0.4 is 9.47 Å². The molecule has 1 aromatic heterocycles. The van der Waals surface area contributed by atoms with Crippen molar-refractivity contribution in [2.45, 2.75) is 33.7 Å². The van der Waals surface area contributed by atoms with Crippen molar-refractivity contribution in [2.75, 3.05) is 39.4 Å². The molecular weight excluding hydrogens is 424 g/mol. The van der Waals surface area contributed by atoms with Crippen molar-refractivity contribution in [3.8, 4) is 11.5 Å². The fraction of sp³-hybridized carbons (Fsp3) is 0.440. The highest BCUT2D eigenvalue weighted by Crippen LogP contribution is 2.41. The van der Waals surface area contributed by atoms with Crippen LogP contribution in [0, 0.1) is 0 Å². The minimum absolute atomic E-state index is 0.00102. The summed E-state index contributed by atoms with van der Waals surface area (Å²) in [6.45, 7) is 11.4. The van der Waals surface area contributed by atoms with E-state index >= 15 is 0 Å². The monoisotopic (exact) mass is 456 g/mol. The Morgan fingerprint density at radius 3 is 2.39 bits per heavy atom. The predicted octanol–water partition coefficient (Wildman–Crippen LogP) is 4.00. The highest BCUT2D eigenvalue weighted by atomic mass is 16.5. The number of amides is 1. The lowest BCUT2D eigenvalue weighted by atomic mass is 9.94. The highest BCUT2D eigenvalue weighted by molar-refractivity contribution is 6.15. The van der Waals surface area contributed by atoms with Crippen LogP contribution in [0.3, 0.4) is 0 Å². The van der Waals surface area contributed by atoms with Gasteiger partial charge in [-0.2, -0.15) is 0 Å². The van der Waals surface area contributed by atoms with Gasteiger partial charge >= 0.3 is 0 Å². The number of likely N-dealkylation sites (N-methyl/N-ethyl adjacent to an activating group) is 1. The Labute approximate surface area is 194 Å². The summed E-state index contributed by atoms with van der Waals surface area (Å²) in [5.41, 5.74) is 0.648. The molecule has 0 spiro atoms. The lowest BCUT2D eigenvalue weighted by Crippen LogP contribution is -2.38. The van der Waals surface area contributed by atoms with E-state index in [1.807, 2.05) is 13.8 Å². The smallest absolute Gasteiger partial charge is 0.290 e. The minimum atomic E-state index is -0.777. The number of Topliss-reactive ketones (excluding diaryl/α,β-unsaturated/α-hetero) is 1. The number of ketones is 1. The second kappa shape index (κ2) is 11.0. The van der Waals surface area contributed by atoms with Gasteiger partial charge in [-0.25, -0.2) is 0 Å². The van der Waals surface area contributed by atoms with Crippen LogP contribution in [0.4, 0.5) is 0 Å². The van der Waals surface area contributed by atoms with E-state index in [0.29, 0.717) is 43.4 Å². The van der Waals surface area contributed by atoms with Gasteiger partial charge in [0.1, 0.15) is 0 Å². The summed E-state index contributed by atoms with van der Waals surface area (Å²) in [7, 11) is 0. The van der Waals surface area contributed by atoms with Gasteiger partial charge in [-0.05, 0) is 56.8 Å². The first-order chi connectivity index (χ1) is 16.0. The molecule has 8 nitrogen and oxygen atoms in total. The van der Waals surface area contributed by atoms with Crippen LogP contribution in [0.2, 0.25) is 0 Å². The van der Waals surface area contributed by atoms with Gasteiger partial charge in [-0.1, -0.05) is 19.9 Å². The van der Waals surface area contributed by atoms with Gasteiger partial charge in [0.05, 0.1) is 31.1 Å². The molecule has 3 rings (SSSR count). The number of hydrogen-bond donors (Lipinski definition) is 1. The number of nitrogens with zero attached hydrogens (tertiary/aromatic N) is 2. The summed E-state index contributed by atoms with van der Waals surface area (Å²) in [5.74, 6) is -0.482. The molecule has 1 aliphatic heterocycles. The Balaban J connectivity index is 2.06. The topological polar surface area (TPSA) is 92.5 Å². The van der Waals surface area contributed by atoms with Crippen molar-refractivity contribution < 1.29 is 28.6 Å². The van der Waals surface area contributed by atoms with Crippen LogP contribution in [0.5, 0.6) is 11.5 Å². The number of rotatable bonds is 12. The van der Waals surface area contributed by atoms with Crippen molar-refractivity contribution >= 4 is 11.7 Å². The number of aliphatic hydroxyl groups is 1. The number of furan rings is 1. The van der Waals surface area contributed by atoms with Crippen molar-refractivity contribution in [3.63, 3.8) is 0 Å². The molecule has 1 atom stereocenters. The number of hydrogen-bond acceptors (Lipinski definition) is 7. The number of aliphatic hydroxyl groups excluding tert-OH is 1. The molecule has 0 saturated carbocycles. The third-order valence-electron chi connectivity index (χ3n) is 5.73. The molecule has 2 aromatic rings. The molecule has 1 amide bonds. The summed E-state index contributed by atoms with van der Waals surface area (Å²) in [6, 6.07) is 7.67. The zero-order valence-corrected chi connectivity index (χ0v) is 19.7. The number of carbonyl (C=O) groups excluding carboxylic acids is 2. The van der Waals surface area contributed by atoms with Gasteiger partial charge in [0.2, 0.25) is 5.78 Å². The SMILES string of the molecule is CCOc1ccc(C2C(C(=O)c3ccco3)=C(O)C(=O)N2CCN(CC)CC)cc1OCC. The summed E-state index contributed by atoms with van der Waals surface area (Å²) in [6.07, 6.45) is 1.39. The average molecular weight is 457 g/mol. The lowest BCUT2D eigenvalue weighted by molar-refractivity contribution is -0.129. The molecular formula is C25H32N2O6. The van der Waals surface area contributed by atoms with E-state index in [1.165, 1.54) is 17.2 Å². The van der Waals surface area contributed by atoms with E-state index in [4.69, 9.17) is 13.9 Å². The molecule has 0 saturated heterocycles. The second-order valence-corrected chi connectivity index (χ2v) is 7.57. The van der Waals surface area contributed by atoms with E-state index in [2.05, 4.69) is 18.7 Å². The quantitative estimate of drug-likeness (QED) is 0.483. The Kier molecular flexibility index (Phi) is 8.16. The molecule has 2 heterocycles. The van der Waals surface area contributed by atoms with Gasteiger partial charge in [-0.15, -0.1) is 0 Å². The standard InChI is InChI=1S/C25H32N2O6/c1-5-26(6-2)13-14-27-22(17-11-12-18(31-7-3)20(16-17)32-8-4)21(24(29)25(27)30)23(28)19-10-9-15-33-19/h9-12,15-16,22,29H,5-8,13-14H2,1-4H3. The largest absolute Gasteiger partial charge is 0.503 e. The van der Waals surface area contributed by atoms with Gasteiger partial charge in [-0.3, -0.25) is 9.59 Å². The van der Waals surface area contributed by atoms with Crippen LogP contribution in [-0.4, -0.2) is 66.0 Å². The molecule has 0 radical (unpaired) electrons. The van der Waals surface area contributed by atoms with Gasteiger partial charge in [0.15, 0.2) is 23.0 Å². The molecule has 0 fully saturated rings. The summed E-state index contributed by atoms with van der Waals surface area (Å²) in [4.78, 5) is 30.1.